The van der Waals surface area contributed by atoms with E-state index in [1.54, 1.807) is 4.72 Å². The predicted octanol–water partition coefficient (Wildman–Crippen LogP) is 9.70. The Balaban J connectivity index is 0.000000385. The number of sulfonamides is 2. The van der Waals surface area contributed by atoms with Crippen LogP contribution < -0.4 is 30.0 Å². The lowest BCUT2D eigenvalue weighted by molar-refractivity contribution is -0.120. The number of rotatable bonds is 14. The minimum atomic E-state index is -3.50. The zero-order valence-electron chi connectivity index (χ0n) is 39.6. The number of fused-ring (bicyclic) bond motifs is 2. The number of nitrogens with two attached hydrogens (primary N) is 1. The number of amides is 2. The van der Waals surface area contributed by atoms with E-state index in [0.29, 0.717) is 41.7 Å². The fraction of sp³-hybridized carbons (Fsp3) is 0.558. The zero-order chi connectivity index (χ0) is 48.0. The summed E-state index contributed by atoms with van der Waals surface area (Å²) in [6, 6.07) is 24.4. The second-order valence-electron chi connectivity index (χ2n) is 19.7. The molecule has 2 aliphatic carbocycles. The fourth-order valence-corrected chi connectivity index (χ4v) is 9.44. The molecule has 67 heavy (non-hydrogen) atoms. The number of carbonyl (C=O) groups is 3. The molecule has 5 N–H and O–H groups in total. The summed E-state index contributed by atoms with van der Waals surface area (Å²) in [5, 5.41) is 7.67. The van der Waals surface area contributed by atoms with Crippen molar-refractivity contribution in [2.24, 2.45) is 28.4 Å². The van der Waals surface area contributed by atoms with E-state index >= 15 is 0 Å². The summed E-state index contributed by atoms with van der Waals surface area (Å²) >= 11 is 0. The SMILES string of the molecule is C.C.CC(C)(C)C1CCC(Oc2ccc3cc(C=O)ccc3c2)CC1.CC(C)(C)C1CCC(Oc2ccc3cc(CNCCC(=O)NS(C)(=O)=O)ccc3c2)CC1.CS(=O)(=O)NC(=O)CCN. The summed E-state index contributed by atoms with van der Waals surface area (Å²) in [5.41, 5.74) is 7.60. The monoisotopic (exact) mass is 969 g/mol. The number of benzene rings is 4. The molecule has 6 rings (SSSR count). The molecule has 0 heterocycles. The first-order valence-electron chi connectivity index (χ1n) is 22.7. The van der Waals surface area contributed by atoms with Crippen molar-refractivity contribution in [3.05, 3.63) is 83.9 Å². The molecule has 4 aromatic rings. The number of nitrogens with one attached hydrogen (secondary N) is 3. The molecule has 13 nitrogen and oxygen atoms in total. The Bertz CT molecular complexity index is 2430. The van der Waals surface area contributed by atoms with Crippen molar-refractivity contribution in [3.8, 4) is 11.5 Å². The lowest BCUT2D eigenvalue weighted by atomic mass is 9.72. The van der Waals surface area contributed by atoms with Crippen LogP contribution in [-0.2, 0) is 36.2 Å². The van der Waals surface area contributed by atoms with Crippen LogP contribution in [0.3, 0.4) is 0 Å². The van der Waals surface area contributed by atoms with Gasteiger partial charge in [0.25, 0.3) is 0 Å². The molecule has 0 aliphatic heterocycles. The summed E-state index contributed by atoms with van der Waals surface area (Å²) < 4.78 is 59.0. The molecule has 15 heteroatoms. The number of hydrogen-bond acceptors (Lipinski definition) is 11. The smallest absolute Gasteiger partial charge is 0.234 e. The number of aldehydes is 1. The van der Waals surface area contributed by atoms with Crippen molar-refractivity contribution in [3.63, 3.8) is 0 Å². The highest BCUT2D eigenvalue weighted by atomic mass is 32.2. The van der Waals surface area contributed by atoms with Gasteiger partial charge in [0.1, 0.15) is 17.8 Å². The van der Waals surface area contributed by atoms with E-state index in [2.05, 4.69) is 83.3 Å². The molecule has 0 saturated heterocycles. The zero-order valence-corrected chi connectivity index (χ0v) is 41.2. The fourth-order valence-electron chi connectivity index (χ4n) is 8.41. The van der Waals surface area contributed by atoms with E-state index < -0.39 is 31.9 Å². The van der Waals surface area contributed by atoms with Crippen LogP contribution in [0, 0.1) is 22.7 Å². The van der Waals surface area contributed by atoms with Gasteiger partial charge in [-0.05, 0) is 138 Å². The second kappa shape index (κ2) is 26.3. The van der Waals surface area contributed by atoms with E-state index in [-0.39, 0.29) is 34.2 Å². The van der Waals surface area contributed by atoms with Gasteiger partial charge < -0.3 is 20.5 Å². The van der Waals surface area contributed by atoms with Crippen LogP contribution in [0.15, 0.2) is 72.8 Å². The van der Waals surface area contributed by atoms with Gasteiger partial charge in [0.2, 0.25) is 31.9 Å². The Hall–Kier alpha value is -4.57. The first-order chi connectivity index (χ1) is 30.4. The Morgan fingerprint density at radius 1 is 0.612 bits per heavy atom. The molecular formula is C52H80N4O9S2. The molecule has 0 aromatic heterocycles. The highest BCUT2D eigenvalue weighted by molar-refractivity contribution is 7.89. The minimum Gasteiger partial charge on any atom is -0.490 e. The number of hydrogen-bond donors (Lipinski definition) is 4. The van der Waals surface area contributed by atoms with E-state index in [9.17, 15) is 31.2 Å². The Labute approximate surface area is 402 Å². The van der Waals surface area contributed by atoms with Crippen LogP contribution in [0.5, 0.6) is 11.5 Å². The largest absolute Gasteiger partial charge is 0.490 e. The van der Waals surface area contributed by atoms with Crippen LogP contribution in [0.4, 0.5) is 0 Å². The quantitative estimate of drug-likeness (QED) is 0.0693. The molecule has 374 valence electrons. The summed E-state index contributed by atoms with van der Waals surface area (Å²) in [6.07, 6.45) is 13.0. The number of carbonyl (C=O) groups excluding carboxylic acids is 3. The van der Waals surface area contributed by atoms with Crippen molar-refractivity contribution in [2.75, 3.05) is 25.6 Å². The van der Waals surface area contributed by atoms with E-state index in [4.69, 9.17) is 15.2 Å². The molecular weight excluding hydrogens is 889 g/mol. The third kappa shape index (κ3) is 21.1. The molecule has 2 aliphatic rings. The maximum Gasteiger partial charge on any atom is 0.234 e. The van der Waals surface area contributed by atoms with Crippen LogP contribution in [0.2, 0.25) is 0 Å². The molecule has 0 unspecified atom stereocenters. The molecule has 2 fully saturated rings. The van der Waals surface area contributed by atoms with E-state index in [0.717, 1.165) is 94.9 Å². The van der Waals surface area contributed by atoms with Crippen molar-refractivity contribution < 1.29 is 40.7 Å². The average Bonchev–Trinajstić information content (AvgIpc) is 3.21. The molecule has 2 saturated carbocycles. The van der Waals surface area contributed by atoms with Gasteiger partial charge in [0.05, 0.1) is 24.7 Å². The first kappa shape index (κ1) is 58.6. The van der Waals surface area contributed by atoms with E-state index in [1.807, 2.05) is 41.1 Å². The second-order valence-corrected chi connectivity index (χ2v) is 23.2. The van der Waals surface area contributed by atoms with Gasteiger partial charge in [-0.15, -0.1) is 0 Å². The molecule has 2 amide bonds. The van der Waals surface area contributed by atoms with E-state index in [1.165, 1.54) is 25.7 Å². The summed E-state index contributed by atoms with van der Waals surface area (Å²) in [4.78, 5) is 32.9. The Kier molecular flexibility index (Phi) is 22.9. The van der Waals surface area contributed by atoms with Gasteiger partial charge >= 0.3 is 0 Å². The van der Waals surface area contributed by atoms with Gasteiger partial charge in [-0.3, -0.25) is 23.8 Å². The third-order valence-electron chi connectivity index (χ3n) is 12.1. The lowest BCUT2D eigenvalue weighted by Crippen LogP contribution is -2.31. The summed E-state index contributed by atoms with van der Waals surface area (Å²) in [7, 11) is -6.90. The third-order valence-corrected chi connectivity index (χ3v) is 13.3. The Morgan fingerprint density at radius 2 is 1.01 bits per heavy atom. The van der Waals surface area contributed by atoms with Crippen LogP contribution in [0.25, 0.3) is 21.5 Å². The Morgan fingerprint density at radius 3 is 1.43 bits per heavy atom. The lowest BCUT2D eigenvalue weighted by Gasteiger charge is -2.37. The highest BCUT2D eigenvalue weighted by Gasteiger charge is 2.31. The molecule has 0 radical (unpaired) electrons. The predicted molar refractivity (Wildman–Crippen MR) is 274 cm³/mol. The van der Waals surface area contributed by atoms with Crippen LogP contribution in [-0.4, -0.2) is 72.7 Å². The number of ether oxygens (including phenoxy) is 2. The van der Waals surface area contributed by atoms with Gasteiger partial charge in [-0.2, -0.15) is 0 Å². The maximum absolute atomic E-state index is 11.5. The minimum absolute atomic E-state index is 0. The maximum atomic E-state index is 11.5. The standard InChI is InChI=1S/C25H36N2O4S.C21H26O2.C4H10N2O3S.2CH4/c1-25(2,3)21-8-11-22(12-9-21)31-23-10-7-19-15-18(5-6-20(19)16-23)17-26-14-13-24(28)27-32(4,29)30;1-21(2,3)18-7-10-19(11-8-18)23-20-9-6-16-12-15(14-22)4-5-17(16)13-20;1-10(8,9)6-4(7)2-3-5;;/h5-7,10,15-16,21-22,26H,8-9,11-14,17H2,1-4H3,(H,27,28);4-6,9,12-14,18-19H,7-8,10-11H2,1-3H3;2-3,5H2,1H3,(H,6,7);2*1H4. The molecule has 0 atom stereocenters. The normalized spacial score (nSPS) is 18.6. The van der Waals surface area contributed by atoms with Crippen LogP contribution >= 0.6 is 0 Å². The van der Waals surface area contributed by atoms with Crippen molar-refractivity contribution in [2.45, 2.75) is 139 Å². The van der Waals surface area contributed by atoms with Crippen molar-refractivity contribution in [1.29, 1.82) is 0 Å². The van der Waals surface area contributed by atoms with Gasteiger partial charge in [0.15, 0.2) is 0 Å². The topological polar surface area (TPSA) is 200 Å². The van der Waals surface area contributed by atoms with Gasteiger partial charge in [0, 0.05) is 38.0 Å². The summed E-state index contributed by atoms with van der Waals surface area (Å²) in [5.74, 6) is 2.39. The highest BCUT2D eigenvalue weighted by Crippen LogP contribution is 2.40. The summed E-state index contributed by atoms with van der Waals surface area (Å²) in [6.45, 7) is 15.2. The van der Waals surface area contributed by atoms with Crippen LogP contribution in [0.1, 0.15) is 137 Å². The average molecular weight is 969 g/mol. The first-order valence-corrected chi connectivity index (χ1v) is 26.5. The molecule has 0 spiro atoms. The molecule has 4 aromatic carbocycles. The molecule has 0 bridgehead atoms. The van der Waals surface area contributed by atoms with Gasteiger partial charge in [-0.1, -0.05) is 92.8 Å². The van der Waals surface area contributed by atoms with Gasteiger partial charge in [-0.25, -0.2) is 16.8 Å². The van der Waals surface area contributed by atoms with Crippen molar-refractivity contribution in [1.82, 2.24) is 14.8 Å². The van der Waals surface area contributed by atoms with Crippen molar-refractivity contribution >= 4 is 59.7 Å².